The van der Waals surface area contributed by atoms with E-state index in [2.05, 4.69) is 9.97 Å². The van der Waals surface area contributed by atoms with Crippen LogP contribution in [-0.2, 0) is 19.8 Å². The number of aryl methyl sites for hydroxylation is 1. The van der Waals surface area contributed by atoms with Crippen LogP contribution >= 0.6 is 0 Å². The summed E-state index contributed by atoms with van der Waals surface area (Å²) in [5.41, 5.74) is 0.296. The Morgan fingerprint density at radius 3 is 2.53 bits per heavy atom. The van der Waals surface area contributed by atoms with Crippen LogP contribution in [0.4, 0.5) is 18.9 Å². The van der Waals surface area contributed by atoms with Crippen LogP contribution in [0.15, 0.2) is 35.1 Å². The van der Waals surface area contributed by atoms with Crippen LogP contribution in [0, 0.1) is 22.7 Å². The Kier molecular flexibility index (Phi) is 5.98. The van der Waals surface area contributed by atoms with E-state index in [0.29, 0.717) is 42.0 Å². The maximum atomic E-state index is 13.0. The van der Waals surface area contributed by atoms with Gasteiger partial charge in [0.15, 0.2) is 0 Å². The molecule has 34 heavy (non-hydrogen) atoms. The molecule has 1 saturated heterocycles. The van der Waals surface area contributed by atoms with E-state index in [1.807, 2.05) is 28.9 Å². The highest BCUT2D eigenvalue weighted by Crippen LogP contribution is 2.30. The zero-order valence-corrected chi connectivity index (χ0v) is 18.5. The van der Waals surface area contributed by atoms with Crippen LogP contribution in [0.1, 0.15) is 29.6 Å². The van der Waals surface area contributed by atoms with Gasteiger partial charge in [0.1, 0.15) is 34.6 Å². The van der Waals surface area contributed by atoms with Gasteiger partial charge in [-0.2, -0.15) is 23.7 Å². The molecule has 0 aliphatic carbocycles. The van der Waals surface area contributed by atoms with Crippen molar-refractivity contribution in [3.63, 3.8) is 0 Å². The molecule has 1 aliphatic heterocycles. The van der Waals surface area contributed by atoms with Crippen LogP contribution < -0.4 is 10.5 Å². The lowest BCUT2D eigenvalue weighted by molar-refractivity contribution is -0.141. The van der Waals surface area contributed by atoms with E-state index in [9.17, 15) is 28.5 Å². The molecule has 11 heteroatoms. The summed E-state index contributed by atoms with van der Waals surface area (Å²) in [5.74, 6) is 0. The number of piperazine rings is 1. The van der Waals surface area contributed by atoms with E-state index in [-0.39, 0.29) is 23.8 Å². The molecular formula is C23H20F3N7O. The zero-order chi connectivity index (χ0) is 24.6. The van der Waals surface area contributed by atoms with Gasteiger partial charge in [0.25, 0.3) is 5.56 Å². The van der Waals surface area contributed by atoms with Gasteiger partial charge in [0, 0.05) is 39.3 Å². The monoisotopic (exact) mass is 467 g/mol. The molecule has 3 aromatic heterocycles. The molecule has 1 fully saturated rings. The Morgan fingerprint density at radius 1 is 1.12 bits per heavy atom. The summed E-state index contributed by atoms with van der Waals surface area (Å²) >= 11 is 0. The lowest BCUT2D eigenvalue weighted by atomic mass is 10.1. The van der Waals surface area contributed by atoms with Crippen LogP contribution in [-0.4, -0.2) is 45.1 Å². The highest BCUT2D eigenvalue weighted by molar-refractivity contribution is 5.92. The fourth-order valence-corrected chi connectivity index (χ4v) is 4.23. The molecule has 0 spiro atoms. The number of pyridine rings is 3. The lowest BCUT2D eigenvalue weighted by Gasteiger charge is -2.41. The van der Waals surface area contributed by atoms with Crippen molar-refractivity contribution in [3.05, 3.63) is 63.3 Å². The summed E-state index contributed by atoms with van der Waals surface area (Å²) in [7, 11) is 1.55. The zero-order valence-electron chi connectivity index (χ0n) is 18.5. The van der Waals surface area contributed by atoms with Gasteiger partial charge >= 0.3 is 6.18 Å². The summed E-state index contributed by atoms with van der Waals surface area (Å²) in [5, 5.41) is 19.0. The van der Waals surface area contributed by atoms with Crippen molar-refractivity contribution in [2.24, 2.45) is 7.05 Å². The topological polar surface area (TPSA) is 102 Å². The van der Waals surface area contributed by atoms with E-state index in [0.717, 1.165) is 6.07 Å². The molecule has 0 unspecified atom stereocenters. The van der Waals surface area contributed by atoms with Gasteiger partial charge in [-0.05, 0) is 31.2 Å². The molecule has 4 heterocycles. The maximum Gasteiger partial charge on any atom is 0.433 e. The SMILES string of the molecule is C[C@@H]1CN(c2c(C#N)c(=O)n(C)c3ccc(C#N)nc23)CCN1Cc1cccc(C(F)(F)F)n1. The molecule has 1 atom stereocenters. The molecular weight excluding hydrogens is 447 g/mol. The standard InChI is InChI=1S/C23H20F3N7O/c1-14-12-33(9-8-32(14)13-16-4-3-5-19(29-16)23(24,25)26)21-17(11-28)22(34)31(2)18-7-6-15(10-27)30-20(18)21/h3-7,14H,8-9,12-13H2,1-2H3/t14-/m1/s1. The Bertz CT molecular complexity index is 1400. The maximum absolute atomic E-state index is 13.0. The molecule has 0 radical (unpaired) electrons. The molecule has 0 N–H and O–H groups in total. The number of hydrogen-bond donors (Lipinski definition) is 0. The minimum absolute atomic E-state index is 0.0576. The molecule has 3 aromatic rings. The van der Waals surface area contributed by atoms with Crippen LogP contribution in [0.25, 0.3) is 11.0 Å². The summed E-state index contributed by atoms with van der Waals surface area (Å²) in [6.45, 7) is 3.45. The Hall–Kier alpha value is -3.96. The van der Waals surface area contributed by atoms with Crippen molar-refractivity contribution in [3.8, 4) is 12.1 Å². The number of rotatable bonds is 3. The van der Waals surface area contributed by atoms with Gasteiger partial charge in [-0.3, -0.25) is 9.69 Å². The van der Waals surface area contributed by atoms with Crippen molar-refractivity contribution in [2.75, 3.05) is 24.5 Å². The first-order chi connectivity index (χ1) is 16.1. The average Bonchev–Trinajstić information content (AvgIpc) is 2.81. The first-order valence-electron chi connectivity index (χ1n) is 10.5. The van der Waals surface area contributed by atoms with Crippen LogP contribution in [0.3, 0.4) is 0 Å². The largest absolute Gasteiger partial charge is 0.433 e. The van der Waals surface area contributed by atoms with Gasteiger partial charge in [-0.25, -0.2) is 9.97 Å². The summed E-state index contributed by atoms with van der Waals surface area (Å²) in [6.07, 6.45) is -4.51. The highest BCUT2D eigenvalue weighted by atomic mass is 19.4. The number of nitrogens with zero attached hydrogens (tertiary/aromatic N) is 7. The van der Waals surface area contributed by atoms with E-state index in [4.69, 9.17) is 0 Å². The van der Waals surface area contributed by atoms with Gasteiger partial charge in [0.2, 0.25) is 0 Å². The van der Waals surface area contributed by atoms with E-state index >= 15 is 0 Å². The lowest BCUT2D eigenvalue weighted by Crippen LogP contribution is -2.52. The van der Waals surface area contributed by atoms with Gasteiger partial charge in [-0.1, -0.05) is 6.07 Å². The third-order valence-electron chi connectivity index (χ3n) is 5.98. The molecule has 1 aliphatic rings. The second-order valence-corrected chi connectivity index (χ2v) is 8.15. The second kappa shape index (κ2) is 8.76. The van der Waals surface area contributed by atoms with Crippen molar-refractivity contribution in [1.82, 2.24) is 19.4 Å². The highest BCUT2D eigenvalue weighted by Gasteiger charge is 2.33. The minimum Gasteiger partial charge on any atom is -0.366 e. The van der Waals surface area contributed by atoms with Crippen LogP contribution in [0.2, 0.25) is 0 Å². The molecule has 0 amide bonds. The van der Waals surface area contributed by atoms with Gasteiger partial charge in [0.05, 0.1) is 16.9 Å². The van der Waals surface area contributed by atoms with E-state index in [1.54, 1.807) is 19.2 Å². The number of nitriles is 2. The van der Waals surface area contributed by atoms with Crippen molar-refractivity contribution < 1.29 is 13.2 Å². The molecule has 0 aromatic carbocycles. The Morgan fingerprint density at radius 2 is 1.88 bits per heavy atom. The third kappa shape index (κ3) is 4.18. The number of anilines is 1. The predicted molar refractivity (Wildman–Crippen MR) is 118 cm³/mol. The molecule has 4 rings (SSSR count). The fraction of sp³-hybridized carbons (Fsp3) is 0.348. The average molecular weight is 467 g/mol. The van der Waals surface area contributed by atoms with E-state index in [1.165, 1.54) is 16.7 Å². The smallest absolute Gasteiger partial charge is 0.366 e. The fourth-order valence-electron chi connectivity index (χ4n) is 4.23. The molecule has 0 saturated carbocycles. The van der Waals surface area contributed by atoms with Crippen molar-refractivity contribution >= 4 is 16.7 Å². The summed E-state index contributed by atoms with van der Waals surface area (Å²) in [4.78, 5) is 24.9. The van der Waals surface area contributed by atoms with Gasteiger partial charge in [-0.15, -0.1) is 0 Å². The van der Waals surface area contributed by atoms with Crippen molar-refractivity contribution in [2.45, 2.75) is 25.7 Å². The number of halogens is 3. The van der Waals surface area contributed by atoms with Gasteiger partial charge < -0.3 is 9.47 Å². The van der Waals surface area contributed by atoms with E-state index < -0.39 is 17.4 Å². The summed E-state index contributed by atoms with van der Waals surface area (Å²) < 4.78 is 40.4. The number of hydrogen-bond acceptors (Lipinski definition) is 7. The predicted octanol–water partition coefficient (Wildman–Crippen LogP) is 2.80. The first-order valence-corrected chi connectivity index (χ1v) is 10.5. The normalized spacial score (nSPS) is 16.9. The van der Waals surface area contributed by atoms with Crippen molar-refractivity contribution in [1.29, 1.82) is 10.5 Å². The van der Waals surface area contributed by atoms with Crippen LogP contribution in [0.5, 0.6) is 0 Å². The minimum atomic E-state index is -4.51. The number of alkyl halides is 3. The molecule has 0 bridgehead atoms. The third-order valence-corrected chi connectivity index (χ3v) is 5.98. The molecule has 8 nitrogen and oxygen atoms in total. The number of fused-ring (bicyclic) bond motifs is 1. The second-order valence-electron chi connectivity index (χ2n) is 8.15. The summed E-state index contributed by atoms with van der Waals surface area (Å²) in [6, 6.07) is 10.8. The first kappa shape index (κ1) is 23.2. The quantitative estimate of drug-likeness (QED) is 0.584. The number of aromatic nitrogens is 3. The molecule has 174 valence electrons. The Labute approximate surface area is 193 Å². The Balaban J connectivity index is 1.66.